The fourth-order valence-corrected chi connectivity index (χ4v) is 3.28. The van der Waals surface area contributed by atoms with Crippen LogP contribution in [0.5, 0.6) is 0 Å². The molecule has 0 aromatic heterocycles. The fraction of sp³-hybridized carbons (Fsp3) is 0.562. The zero-order valence-electron chi connectivity index (χ0n) is 12.9. The maximum atomic E-state index is 9.38. The van der Waals surface area contributed by atoms with Crippen molar-refractivity contribution in [1.29, 1.82) is 5.26 Å². The molecular weight excluding hydrogens is 280 g/mol. The van der Waals surface area contributed by atoms with E-state index in [0.717, 1.165) is 61.2 Å². The molecule has 21 heavy (non-hydrogen) atoms. The molecule has 1 heterocycles. The largest absolute Gasteiger partial charge is 0.383 e. The molecule has 0 unspecified atom stereocenters. The van der Waals surface area contributed by atoms with Crippen LogP contribution >= 0.6 is 11.8 Å². The minimum atomic E-state index is 0.780. The number of nitrogens with zero attached hydrogens (tertiary/aromatic N) is 3. The quantitative estimate of drug-likeness (QED) is 0.817. The Bertz CT molecular complexity index is 490. The van der Waals surface area contributed by atoms with E-state index in [2.05, 4.69) is 35.2 Å². The molecule has 1 aromatic carbocycles. The van der Waals surface area contributed by atoms with Gasteiger partial charge in [0.2, 0.25) is 0 Å². The van der Waals surface area contributed by atoms with Gasteiger partial charge < -0.3 is 10.2 Å². The third-order valence-corrected chi connectivity index (χ3v) is 4.72. The van der Waals surface area contributed by atoms with Crippen molar-refractivity contribution >= 4 is 17.4 Å². The molecular formula is C16H24N4S. The SMILES string of the molecule is CCSc1cccc(NCCN2CCN(C)CC2)c1C#N. The standard InChI is InChI=1S/C16H24N4S/c1-3-21-16-6-4-5-15(14(16)13-17)18-7-8-20-11-9-19(2)10-12-20/h4-6,18H,3,7-12H2,1-2H3. The molecule has 4 nitrogen and oxygen atoms in total. The lowest BCUT2D eigenvalue weighted by Gasteiger charge is -2.32. The highest BCUT2D eigenvalue weighted by molar-refractivity contribution is 7.99. The van der Waals surface area contributed by atoms with Crippen LogP contribution in [0.15, 0.2) is 23.1 Å². The van der Waals surface area contributed by atoms with Gasteiger partial charge in [0.1, 0.15) is 6.07 Å². The lowest BCUT2D eigenvalue weighted by atomic mass is 10.2. The molecule has 1 aliphatic rings. The van der Waals surface area contributed by atoms with Crippen molar-refractivity contribution in [2.45, 2.75) is 11.8 Å². The van der Waals surface area contributed by atoms with Crippen LogP contribution in [0.25, 0.3) is 0 Å². The lowest BCUT2D eigenvalue weighted by molar-refractivity contribution is 0.158. The molecule has 0 bridgehead atoms. The Morgan fingerprint density at radius 1 is 1.29 bits per heavy atom. The number of thioether (sulfide) groups is 1. The van der Waals surface area contributed by atoms with Gasteiger partial charge in [-0.25, -0.2) is 0 Å². The van der Waals surface area contributed by atoms with Gasteiger partial charge in [0, 0.05) is 44.2 Å². The lowest BCUT2D eigenvalue weighted by Crippen LogP contribution is -2.45. The summed E-state index contributed by atoms with van der Waals surface area (Å²) < 4.78 is 0. The minimum Gasteiger partial charge on any atom is -0.383 e. The number of hydrogen-bond donors (Lipinski definition) is 1. The Morgan fingerprint density at radius 3 is 2.71 bits per heavy atom. The number of benzene rings is 1. The van der Waals surface area contributed by atoms with Crippen molar-refractivity contribution < 1.29 is 0 Å². The van der Waals surface area contributed by atoms with Gasteiger partial charge in [0.15, 0.2) is 0 Å². The van der Waals surface area contributed by atoms with Crippen molar-refractivity contribution in [2.75, 3.05) is 57.4 Å². The number of nitriles is 1. The third-order valence-electron chi connectivity index (χ3n) is 3.78. The smallest absolute Gasteiger partial charge is 0.102 e. The van der Waals surface area contributed by atoms with Gasteiger partial charge in [-0.15, -0.1) is 11.8 Å². The van der Waals surface area contributed by atoms with Crippen LogP contribution in [-0.2, 0) is 0 Å². The molecule has 0 atom stereocenters. The highest BCUT2D eigenvalue weighted by Crippen LogP contribution is 2.27. The van der Waals surface area contributed by atoms with E-state index in [9.17, 15) is 5.26 Å². The first-order chi connectivity index (χ1) is 10.2. The number of nitrogens with one attached hydrogen (secondary N) is 1. The first-order valence-electron chi connectivity index (χ1n) is 7.55. The Morgan fingerprint density at radius 2 is 2.05 bits per heavy atom. The van der Waals surface area contributed by atoms with Gasteiger partial charge in [-0.2, -0.15) is 5.26 Å². The van der Waals surface area contributed by atoms with E-state index >= 15 is 0 Å². The summed E-state index contributed by atoms with van der Waals surface area (Å²) in [6.45, 7) is 8.59. The first-order valence-corrected chi connectivity index (χ1v) is 8.54. The van der Waals surface area contributed by atoms with Gasteiger partial charge in [-0.1, -0.05) is 13.0 Å². The maximum absolute atomic E-state index is 9.38. The van der Waals surface area contributed by atoms with E-state index < -0.39 is 0 Å². The average Bonchev–Trinajstić information content (AvgIpc) is 2.50. The monoisotopic (exact) mass is 304 g/mol. The summed E-state index contributed by atoms with van der Waals surface area (Å²) in [6.07, 6.45) is 0. The summed E-state index contributed by atoms with van der Waals surface area (Å²) in [5.74, 6) is 0.986. The maximum Gasteiger partial charge on any atom is 0.102 e. The van der Waals surface area contributed by atoms with Gasteiger partial charge >= 0.3 is 0 Å². The van der Waals surface area contributed by atoms with Crippen molar-refractivity contribution in [3.8, 4) is 6.07 Å². The molecule has 0 radical (unpaired) electrons. The van der Waals surface area contributed by atoms with Crippen LogP contribution in [0.1, 0.15) is 12.5 Å². The second kappa shape index (κ2) is 8.28. The topological polar surface area (TPSA) is 42.3 Å². The van der Waals surface area contributed by atoms with Crippen molar-refractivity contribution in [3.63, 3.8) is 0 Å². The molecule has 114 valence electrons. The number of hydrogen-bond acceptors (Lipinski definition) is 5. The normalized spacial score (nSPS) is 16.6. The Balaban J connectivity index is 1.88. The summed E-state index contributed by atoms with van der Waals surface area (Å²) in [5, 5.41) is 12.8. The van der Waals surface area contributed by atoms with Gasteiger partial charge in [-0.05, 0) is 24.9 Å². The van der Waals surface area contributed by atoms with Gasteiger partial charge in [-0.3, -0.25) is 4.90 Å². The van der Waals surface area contributed by atoms with E-state index in [-0.39, 0.29) is 0 Å². The highest BCUT2D eigenvalue weighted by Gasteiger charge is 2.13. The van der Waals surface area contributed by atoms with Crippen LogP contribution in [-0.4, -0.2) is 61.9 Å². The molecule has 1 aromatic rings. The predicted octanol–water partition coefficient (Wildman–Crippen LogP) is 2.33. The summed E-state index contributed by atoms with van der Waals surface area (Å²) in [4.78, 5) is 5.91. The molecule has 0 saturated carbocycles. The number of rotatable bonds is 6. The van der Waals surface area contributed by atoms with Crippen LogP contribution in [0.4, 0.5) is 5.69 Å². The molecule has 0 spiro atoms. The van der Waals surface area contributed by atoms with E-state index in [1.54, 1.807) is 11.8 Å². The number of anilines is 1. The highest BCUT2D eigenvalue weighted by atomic mass is 32.2. The van der Waals surface area contributed by atoms with Gasteiger partial charge in [0.05, 0.1) is 11.3 Å². The number of piperazine rings is 1. The van der Waals surface area contributed by atoms with E-state index in [0.29, 0.717) is 0 Å². The fourth-order valence-electron chi connectivity index (χ4n) is 2.49. The second-order valence-electron chi connectivity index (χ2n) is 5.30. The average molecular weight is 304 g/mol. The molecule has 5 heteroatoms. The zero-order valence-corrected chi connectivity index (χ0v) is 13.7. The van der Waals surface area contributed by atoms with Crippen LogP contribution in [0, 0.1) is 11.3 Å². The predicted molar refractivity (Wildman–Crippen MR) is 90.0 cm³/mol. The molecule has 1 N–H and O–H groups in total. The first kappa shape index (κ1) is 16.2. The summed E-state index contributed by atoms with van der Waals surface area (Å²) in [6, 6.07) is 8.39. The van der Waals surface area contributed by atoms with Gasteiger partial charge in [0.25, 0.3) is 0 Å². The van der Waals surface area contributed by atoms with Crippen molar-refractivity contribution in [1.82, 2.24) is 9.80 Å². The Labute approximate surface area is 132 Å². The summed E-state index contributed by atoms with van der Waals surface area (Å²) in [7, 11) is 2.17. The zero-order chi connectivity index (χ0) is 15.1. The molecule has 1 saturated heterocycles. The van der Waals surface area contributed by atoms with Crippen LogP contribution in [0.3, 0.4) is 0 Å². The van der Waals surface area contributed by atoms with Crippen LogP contribution in [0.2, 0.25) is 0 Å². The van der Waals surface area contributed by atoms with Crippen molar-refractivity contribution in [3.05, 3.63) is 23.8 Å². The molecule has 2 rings (SSSR count). The third kappa shape index (κ3) is 4.63. The Hall–Kier alpha value is -1.22. The number of likely N-dealkylation sites (N-methyl/N-ethyl adjacent to an activating group) is 1. The van der Waals surface area contributed by atoms with Crippen LogP contribution < -0.4 is 5.32 Å². The molecule has 1 aliphatic heterocycles. The summed E-state index contributed by atoms with van der Waals surface area (Å²) >= 11 is 1.72. The molecule has 0 aliphatic carbocycles. The Kier molecular flexibility index (Phi) is 6.37. The minimum absolute atomic E-state index is 0.780. The van der Waals surface area contributed by atoms with E-state index in [1.807, 2.05) is 18.2 Å². The van der Waals surface area contributed by atoms with Crippen molar-refractivity contribution in [2.24, 2.45) is 0 Å². The summed E-state index contributed by atoms with van der Waals surface area (Å²) in [5.41, 5.74) is 1.74. The van der Waals surface area contributed by atoms with E-state index in [1.165, 1.54) is 0 Å². The van der Waals surface area contributed by atoms with E-state index in [4.69, 9.17) is 0 Å². The molecule has 1 fully saturated rings. The molecule has 0 amide bonds. The second-order valence-corrected chi connectivity index (χ2v) is 6.60.